The molecule has 0 aliphatic heterocycles. The summed E-state index contributed by atoms with van der Waals surface area (Å²) in [5.41, 5.74) is 1.26. The van der Waals surface area contributed by atoms with Gasteiger partial charge in [0.2, 0.25) is 0 Å². The Morgan fingerprint density at radius 3 is 2.71 bits per heavy atom. The largest absolute Gasteiger partial charge is 0.326 e. The van der Waals surface area contributed by atoms with Crippen LogP contribution in [0.2, 0.25) is 5.02 Å². The van der Waals surface area contributed by atoms with Crippen LogP contribution >= 0.6 is 11.6 Å². The molecule has 0 saturated heterocycles. The normalized spacial score (nSPS) is 12.0. The molecule has 0 bridgehead atoms. The number of nitrogens with one attached hydrogen (secondary N) is 2. The molecule has 5 heteroatoms. The van der Waals surface area contributed by atoms with E-state index in [1.807, 2.05) is 31.3 Å². The number of para-hydroxylation sites is 1. The Morgan fingerprint density at radius 2 is 2.00 bits per heavy atom. The third-order valence-electron chi connectivity index (χ3n) is 3.01. The van der Waals surface area contributed by atoms with Crippen LogP contribution in [-0.2, 0) is 11.3 Å². The van der Waals surface area contributed by atoms with Gasteiger partial charge in [0, 0.05) is 10.6 Å². The molecule has 2 aromatic rings. The van der Waals surface area contributed by atoms with Gasteiger partial charge in [0.1, 0.15) is 12.4 Å². The molecular formula is C16H17ClFN2O+. The van der Waals surface area contributed by atoms with Crippen LogP contribution in [-0.4, -0.2) is 19.5 Å². The molecular weight excluding hydrogens is 291 g/mol. The number of hydrogen-bond acceptors (Lipinski definition) is 1. The molecule has 3 nitrogen and oxygen atoms in total. The topological polar surface area (TPSA) is 33.5 Å². The first-order chi connectivity index (χ1) is 10.0. The molecule has 0 aliphatic rings. The smallest absolute Gasteiger partial charge is 0.279 e. The molecule has 2 aromatic carbocycles. The van der Waals surface area contributed by atoms with E-state index < -0.39 is 5.82 Å². The first-order valence-electron chi connectivity index (χ1n) is 6.65. The summed E-state index contributed by atoms with van der Waals surface area (Å²) in [7, 11) is 1.90. The Labute approximate surface area is 128 Å². The number of hydrogen-bond donors (Lipinski definition) is 2. The lowest BCUT2D eigenvalue weighted by molar-refractivity contribution is -0.885. The van der Waals surface area contributed by atoms with Gasteiger partial charge in [-0.3, -0.25) is 4.79 Å². The molecule has 1 amide bonds. The summed E-state index contributed by atoms with van der Waals surface area (Å²) in [6.45, 7) is 0.923. The fourth-order valence-electron chi connectivity index (χ4n) is 2.09. The molecule has 2 rings (SSSR count). The van der Waals surface area contributed by atoms with Crippen LogP contribution in [0.15, 0.2) is 48.5 Å². The number of quaternary nitrogens is 1. The minimum absolute atomic E-state index is 0.207. The Bertz CT molecular complexity index is 633. The minimum atomic E-state index is -0.432. The van der Waals surface area contributed by atoms with Gasteiger partial charge in [-0.05, 0) is 24.3 Å². The third-order valence-corrected chi connectivity index (χ3v) is 3.24. The standard InChI is InChI=1S/C16H16ClFN2O/c1-20(10-12-5-4-6-13(17)9-12)11-16(21)19-15-8-3-2-7-14(15)18/h2-9H,10-11H2,1H3,(H,19,21)/p+1. The van der Waals surface area contributed by atoms with E-state index in [-0.39, 0.29) is 18.1 Å². The van der Waals surface area contributed by atoms with Gasteiger partial charge in [-0.15, -0.1) is 0 Å². The van der Waals surface area contributed by atoms with Crippen molar-refractivity contribution in [1.29, 1.82) is 0 Å². The predicted octanol–water partition coefficient (Wildman–Crippen LogP) is 2.13. The summed E-state index contributed by atoms with van der Waals surface area (Å²) in [6.07, 6.45) is 0. The maximum atomic E-state index is 13.4. The van der Waals surface area contributed by atoms with Gasteiger partial charge in [0.05, 0.1) is 12.7 Å². The van der Waals surface area contributed by atoms with Crippen molar-refractivity contribution >= 4 is 23.2 Å². The number of halogens is 2. The summed E-state index contributed by atoms with van der Waals surface area (Å²) in [5.74, 6) is -0.655. The first kappa shape index (κ1) is 15.5. The molecule has 110 valence electrons. The Kier molecular flexibility index (Phi) is 5.31. The van der Waals surface area contributed by atoms with E-state index in [2.05, 4.69) is 5.32 Å². The number of likely N-dealkylation sites (N-methyl/N-ethyl adjacent to an activating group) is 1. The SMILES string of the molecule is C[NH+](CC(=O)Nc1ccccc1F)Cc1cccc(Cl)c1. The lowest BCUT2D eigenvalue weighted by Crippen LogP contribution is -3.08. The summed E-state index contributed by atoms with van der Waals surface area (Å²) in [5, 5.41) is 3.25. The van der Waals surface area contributed by atoms with Gasteiger partial charge in [-0.25, -0.2) is 4.39 Å². The molecule has 1 unspecified atom stereocenters. The van der Waals surface area contributed by atoms with Crippen LogP contribution in [0.3, 0.4) is 0 Å². The molecule has 2 N–H and O–H groups in total. The van der Waals surface area contributed by atoms with E-state index in [1.165, 1.54) is 6.07 Å². The number of amides is 1. The molecule has 1 atom stereocenters. The van der Waals surface area contributed by atoms with Gasteiger partial charge in [0.15, 0.2) is 6.54 Å². The van der Waals surface area contributed by atoms with Gasteiger partial charge < -0.3 is 10.2 Å². The van der Waals surface area contributed by atoms with Gasteiger partial charge in [0.25, 0.3) is 5.91 Å². The molecule has 0 spiro atoms. The van der Waals surface area contributed by atoms with Crippen molar-refractivity contribution in [3.05, 3.63) is 64.9 Å². The Hall–Kier alpha value is -1.91. The lowest BCUT2D eigenvalue weighted by atomic mass is 10.2. The van der Waals surface area contributed by atoms with Crippen LogP contribution in [0.1, 0.15) is 5.56 Å². The van der Waals surface area contributed by atoms with Crippen molar-refractivity contribution < 1.29 is 14.1 Å². The zero-order valence-electron chi connectivity index (χ0n) is 11.7. The van der Waals surface area contributed by atoms with Crippen LogP contribution in [0.5, 0.6) is 0 Å². The van der Waals surface area contributed by atoms with Crippen LogP contribution < -0.4 is 10.2 Å². The van der Waals surface area contributed by atoms with Crippen molar-refractivity contribution in [3.8, 4) is 0 Å². The monoisotopic (exact) mass is 307 g/mol. The Balaban J connectivity index is 1.89. The van der Waals surface area contributed by atoms with Gasteiger partial charge in [-0.1, -0.05) is 35.9 Å². The maximum absolute atomic E-state index is 13.4. The summed E-state index contributed by atoms with van der Waals surface area (Å²) in [6, 6.07) is 13.7. The van der Waals surface area contributed by atoms with Crippen molar-refractivity contribution in [3.63, 3.8) is 0 Å². The molecule has 0 radical (unpaired) electrons. The highest BCUT2D eigenvalue weighted by molar-refractivity contribution is 6.30. The number of carbonyl (C=O) groups excluding carboxylic acids is 1. The average Bonchev–Trinajstić information content (AvgIpc) is 2.41. The predicted molar refractivity (Wildman–Crippen MR) is 81.9 cm³/mol. The molecule has 0 aliphatic carbocycles. The fraction of sp³-hybridized carbons (Fsp3) is 0.188. The number of benzene rings is 2. The average molecular weight is 308 g/mol. The van der Waals surface area contributed by atoms with Gasteiger partial charge >= 0.3 is 0 Å². The van der Waals surface area contributed by atoms with E-state index in [0.717, 1.165) is 10.5 Å². The highest BCUT2D eigenvalue weighted by Crippen LogP contribution is 2.12. The lowest BCUT2D eigenvalue weighted by Gasteiger charge is -2.14. The first-order valence-corrected chi connectivity index (χ1v) is 7.02. The minimum Gasteiger partial charge on any atom is -0.326 e. The maximum Gasteiger partial charge on any atom is 0.279 e. The van der Waals surface area contributed by atoms with Crippen molar-refractivity contribution in [2.45, 2.75) is 6.54 Å². The number of rotatable bonds is 5. The summed E-state index contributed by atoms with van der Waals surface area (Å²) >= 11 is 5.93. The number of carbonyl (C=O) groups is 1. The molecule has 0 saturated carbocycles. The van der Waals surface area contributed by atoms with E-state index in [0.29, 0.717) is 11.6 Å². The van der Waals surface area contributed by atoms with Crippen LogP contribution in [0, 0.1) is 5.82 Å². The van der Waals surface area contributed by atoms with Crippen molar-refractivity contribution in [1.82, 2.24) is 0 Å². The summed E-state index contributed by atoms with van der Waals surface area (Å²) < 4.78 is 13.4. The quantitative estimate of drug-likeness (QED) is 0.872. The van der Waals surface area contributed by atoms with E-state index in [1.54, 1.807) is 18.2 Å². The number of anilines is 1. The molecule has 0 aromatic heterocycles. The van der Waals surface area contributed by atoms with E-state index in [4.69, 9.17) is 11.6 Å². The van der Waals surface area contributed by atoms with E-state index >= 15 is 0 Å². The molecule has 21 heavy (non-hydrogen) atoms. The molecule has 0 fully saturated rings. The highest BCUT2D eigenvalue weighted by Gasteiger charge is 2.12. The second-order valence-corrected chi connectivity index (χ2v) is 5.41. The second kappa shape index (κ2) is 7.20. The zero-order valence-corrected chi connectivity index (χ0v) is 12.5. The van der Waals surface area contributed by atoms with Crippen molar-refractivity contribution in [2.75, 3.05) is 18.9 Å². The van der Waals surface area contributed by atoms with E-state index in [9.17, 15) is 9.18 Å². The second-order valence-electron chi connectivity index (χ2n) is 4.97. The molecule has 0 heterocycles. The third kappa shape index (κ3) is 4.85. The van der Waals surface area contributed by atoms with Crippen LogP contribution in [0.25, 0.3) is 0 Å². The fourth-order valence-corrected chi connectivity index (χ4v) is 2.30. The zero-order chi connectivity index (χ0) is 15.2. The highest BCUT2D eigenvalue weighted by atomic mass is 35.5. The Morgan fingerprint density at radius 1 is 1.24 bits per heavy atom. The van der Waals surface area contributed by atoms with Crippen LogP contribution in [0.4, 0.5) is 10.1 Å². The van der Waals surface area contributed by atoms with Gasteiger partial charge in [-0.2, -0.15) is 0 Å². The summed E-state index contributed by atoms with van der Waals surface area (Å²) in [4.78, 5) is 12.9. The van der Waals surface area contributed by atoms with Crippen molar-refractivity contribution in [2.24, 2.45) is 0 Å².